The number of benzene rings is 3. The van der Waals surface area contributed by atoms with Gasteiger partial charge < -0.3 is 16.0 Å². The van der Waals surface area contributed by atoms with E-state index >= 15 is 0 Å². The molecular formula is C24H23N3O3S. The zero-order chi connectivity index (χ0) is 22.2. The number of hydrogen-bond acceptors (Lipinski definition) is 4. The second kappa shape index (κ2) is 10.4. The molecule has 0 aliphatic rings. The molecule has 3 aromatic rings. The van der Waals surface area contributed by atoms with E-state index in [1.165, 1.54) is 18.7 Å². The van der Waals surface area contributed by atoms with Crippen molar-refractivity contribution < 1.29 is 14.4 Å². The summed E-state index contributed by atoms with van der Waals surface area (Å²) in [5, 5.41) is 8.38. The normalized spacial score (nSPS) is 10.3. The lowest BCUT2D eigenvalue weighted by atomic mass is 10.1. The number of nitrogens with one attached hydrogen (secondary N) is 3. The van der Waals surface area contributed by atoms with Crippen molar-refractivity contribution in [3.05, 3.63) is 83.9 Å². The topological polar surface area (TPSA) is 87.3 Å². The van der Waals surface area contributed by atoms with Gasteiger partial charge in [-0.2, -0.15) is 0 Å². The van der Waals surface area contributed by atoms with Gasteiger partial charge in [0.1, 0.15) is 0 Å². The molecular weight excluding hydrogens is 410 g/mol. The van der Waals surface area contributed by atoms with Crippen LogP contribution in [0.4, 0.5) is 17.1 Å². The Bertz CT molecular complexity index is 1080. The van der Waals surface area contributed by atoms with Crippen molar-refractivity contribution >= 4 is 46.5 Å². The van der Waals surface area contributed by atoms with Crippen LogP contribution in [0.15, 0.2) is 77.7 Å². The van der Waals surface area contributed by atoms with E-state index in [0.29, 0.717) is 22.6 Å². The second-order valence-electron chi connectivity index (χ2n) is 6.94. The van der Waals surface area contributed by atoms with E-state index in [1.54, 1.807) is 36.4 Å². The van der Waals surface area contributed by atoms with Gasteiger partial charge in [0, 0.05) is 34.4 Å². The molecule has 3 amide bonds. The van der Waals surface area contributed by atoms with Crippen LogP contribution in [-0.4, -0.2) is 23.5 Å². The van der Waals surface area contributed by atoms with Crippen molar-refractivity contribution in [1.29, 1.82) is 0 Å². The van der Waals surface area contributed by atoms with Crippen molar-refractivity contribution in [3.8, 4) is 0 Å². The summed E-state index contributed by atoms with van der Waals surface area (Å²) in [5.74, 6) is -0.248. The summed E-state index contributed by atoms with van der Waals surface area (Å²) in [6, 6.07) is 21.7. The molecule has 0 spiro atoms. The third kappa shape index (κ3) is 7.01. The van der Waals surface area contributed by atoms with Crippen LogP contribution in [0.2, 0.25) is 0 Å². The molecule has 0 radical (unpaired) electrons. The van der Waals surface area contributed by atoms with Crippen LogP contribution < -0.4 is 16.0 Å². The highest BCUT2D eigenvalue weighted by Gasteiger charge is 2.08. The summed E-state index contributed by atoms with van der Waals surface area (Å²) < 4.78 is 0. The fourth-order valence-corrected chi connectivity index (χ4v) is 3.51. The highest BCUT2D eigenvalue weighted by molar-refractivity contribution is 8.00. The summed E-state index contributed by atoms with van der Waals surface area (Å²) in [6.07, 6.45) is 0. The number of carbonyl (C=O) groups is 3. The lowest BCUT2D eigenvalue weighted by molar-refractivity contribution is -0.114. The smallest absolute Gasteiger partial charge is 0.255 e. The second-order valence-corrected chi connectivity index (χ2v) is 7.99. The summed E-state index contributed by atoms with van der Waals surface area (Å²) in [6.45, 7) is 3.41. The van der Waals surface area contributed by atoms with Crippen molar-refractivity contribution in [2.75, 3.05) is 21.7 Å². The third-order valence-electron chi connectivity index (χ3n) is 4.26. The highest BCUT2D eigenvalue weighted by atomic mass is 32.2. The van der Waals surface area contributed by atoms with Gasteiger partial charge in [0.2, 0.25) is 11.8 Å². The maximum atomic E-state index is 12.4. The Morgan fingerprint density at radius 1 is 0.774 bits per heavy atom. The Labute approximate surface area is 185 Å². The SMILES string of the molecule is CC(=O)Nc1ccc(NC(=O)CSc2cccc(NC(=O)c3ccc(C)cc3)c2)cc1. The van der Waals surface area contributed by atoms with E-state index in [2.05, 4.69) is 16.0 Å². The van der Waals surface area contributed by atoms with E-state index in [9.17, 15) is 14.4 Å². The van der Waals surface area contributed by atoms with Crippen LogP contribution in [0, 0.1) is 6.92 Å². The van der Waals surface area contributed by atoms with Crippen molar-refractivity contribution in [2.24, 2.45) is 0 Å². The molecule has 0 bridgehead atoms. The summed E-state index contributed by atoms with van der Waals surface area (Å²) in [5.41, 5.74) is 3.68. The van der Waals surface area contributed by atoms with Gasteiger partial charge in [0.15, 0.2) is 0 Å². The van der Waals surface area contributed by atoms with Gasteiger partial charge in [0.05, 0.1) is 5.75 Å². The standard InChI is InChI=1S/C24H23N3O3S/c1-16-6-8-18(9-7-16)24(30)27-21-4-3-5-22(14-21)31-15-23(29)26-20-12-10-19(11-13-20)25-17(2)28/h3-14H,15H2,1-2H3,(H,25,28)(H,26,29)(H,27,30). The first-order valence-electron chi connectivity index (χ1n) is 9.67. The number of hydrogen-bond donors (Lipinski definition) is 3. The van der Waals surface area contributed by atoms with Crippen molar-refractivity contribution in [3.63, 3.8) is 0 Å². The van der Waals surface area contributed by atoms with E-state index in [0.717, 1.165) is 10.5 Å². The Hall–Kier alpha value is -3.58. The maximum Gasteiger partial charge on any atom is 0.255 e. The molecule has 0 atom stereocenters. The zero-order valence-electron chi connectivity index (χ0n) is 17.3. The minimum Gasteiger partial charge on any atom is -0.326 e. The van der Waals surface area contributed by atoms with Crippen LogP contribution in [0.25, 0.3) is 0 Å². The predicted molar refractivity (Wildman–Crippen MR) is 126 cm³/mol. The third-order valence-corrected chi connectivity index (χ3v) is 5.26. The van der Waals surface area contributed by atoms with Crippen LogP contribution in [0.1, 0.15) is 22.8 Å². The predicted octanol–water partition coefficient (Wildman–Crippen LogP) is 4.94. The first kappa shape index (κ1) is 22.1. The van der Waals surface area contributed by atoms with E-state index in [1.807, 2.05) is 43.3 Å². The molecule has 3 N–H and O–H groups in total. The van der Waals surface area contributed by atoms with Gasteiger partial charge in [-0.3, -0.25) is 14.4 Å². The van der Waals surface area contributed by atoms with Crippen LogP contribution >= 0.6 is 11.8 Å². The Morgan fingerprint density at radius 2 is 1.42 bits per heavy atom. The van der Waals surface area contributed by atoms with Gasteiger partial charge in [-0.15, -0.1) is 11.8 Å². The van der Waals surface area contributed by atoms with Gasteiger partial charge in [-0.1, -0.05) is 23.8 Å². The van der Waals surface area contributed by atoms with Gasteiger partial charge in [-0.25, -0.2) is 0 Å². The number of amides is 3. The Kier molecular flexibility index (Phi) is 7.45. The molecule has 0 fully saturated rings. The number of thioether (sulfide) groups is 1. The number of anilines is 3. The molecule has 0 saturated carbocycles. The molecule has 6 nitrogen and oxygen atoms in total. The minimum atomic E-state index is -0.178. The quantitative estimate of drug-likeness (QED) is 0.461. The van der Waals surface area contributed by atoms with Crippen molar-refractivity contribution in [1.82, 2.24) is 0 Å². The minimum absolute atomic E-state index is 0.147. The molecule has 0 saturated heterocycles. The van der Waals surface area contributed by atoms with E-state index in [-0.39, 0.29) is 23.5 Å². The first-order chi connectivity index (χ1) is 14.9. The number of carbonyl (C=O) groups excluding carboxylic acids is 3. The van der Waals surface area contributed by atoms with Gasteiger partial charge >= 0.3 is 0 Å². The molecule has 3 aromatic carbocycles. The van der Waals surface area contributed by atoms with Crippen molar-refractivity contribution in [2.45, 2.75) is 18.7 Å². The summed E-state index contributed by atoms with van der Waals surface area (Å²) in [4.78, 5) is 36.6. The molecule has 0 unspecified atom stereocenters. The maximum absolute atomic E-state index is 12.4. The summed E-state index contributed by atoms with van der Waals surface area (Å²) in [7, 11) is 0. The van der Waals surface area contributed by atoms with E-state index < -0.39 is 0 Å². The average Bonchev–Trinajstić information content (AvgIpc) is 2.74. The Morgan fingerprint density at radius 3 is 2.06 bits per heavy atom. The van der Waals surface area contributed by atoms with Crippen LogP contribution in [0.5, 0.6) is 0 Å². The largest absolute Gasteiger partial charge is 0.326 e. The molecule has 0 heterocycles. The lowest BCUT2D eigenvalue weighted by Crippen LogP contribution is -2.14. The van der Waals surface area contributed by atoms with Crippen LogP contribution in [-0.2, 0) is 9.59 Å². The van der Waals surface area contributed by atoms with Crippen LogP contribution in [0.3, 0.4) is 0 Å². The number of aryl methyl sites for hydroxylation is 1. The molecule has 0 aliphatic heterocycles. The molecule has 31 heavy (non-hydrogen) atoms. The fraction of sp³-hybridized carbons (Fsp3) is 0.125. The average molecular weight is 434 g/mol. The molecule has 0 aromatic heterocycles. The van der Waals surface area contributed by atoms with E-state index in [4.69, 9.17) is 0 Å². The monoisotopic (exact) mass is 433 g/mol. The molecule has 7 heteroatoms. The first-order valence-corrected chi connectivity index (χ1v) is 10.7. The lowest BCUT2D eigenvalue weighted by Gasteiger charge is -2.09. The Balaban J connectivity index is 1.52. The fourth-order valence-electron chi connectivity index (χ4n) is 2.76. The van der Waals surface area contributed by atoms with Gasteiger partial charge in [0.25, 0.3) is 5.91 Å². The summed E-state index contributed by atoms with van der Waals surface area (Å²) >= 11 is 1.38. The molecule has 3 rings (SSSR count). The highest BCUT2D eigenvalue weighted by Crippen LogP contribution is 2.23. The molecule has 158 valence electrons. The molecule has 0 aliphatic carbocycles. The number of rotatable bonds is 7. The zero-order valence-corrected chi connectivity index (χ0v) is 18.1. The van der Waals surface area contributed by atoms with Gasteiger partial charge in [-0.05, 0) is 61.5 Å².